The fourth-order valence-electron chi connectivity index (χ4n) is 1.49. The van der Waals surface area contributed by atoms with Crippen LogP contribution in [0.15, 0.2) is 18.2 Å². The van der Waals surface area contributed by atoms with E-state index < -0.39 is 0 Å². The van der Waals surface area contributed by atoms with E-state index in [1.165, 1.54) is 0 Å². The van der Waals surface area contributed by atoms with Crippen molar-refractivity contribution in [1.29, 1.82) is 0 Å². The van der Waals surface area contributed by atoms with Crippen LogP contribution in [0.2, 0.25) is 5.02 Å². The van der Waals surface area contributed by atoms with E-state index in [9.17, 15) is 4.79 Å². The molecule has 0 bridgehead atoms. The topological polar surface area (TPSA) is 41.6 Å². The highest BCUT2D eigenvalue weighted by molar-refractivity contribution is 6.32. The van der Waals surface area contributed by atoms with E-state index in [4.69, 9.17) is 16.3 Å². The number of nitrogens with zero attached hydrogens (tertiary/aromatic N) is 1. The van der Waals surface area contributed by atoms with Gasteiger partial charge in [-0.25, -0.2) is 0 Å². The van der Waals surface area contributed by atoms with Gasteiger partial charge in [0, 0.05) is 13.1 Å². The lowest BCUT2D eigenvalue weighted by molar-refractivity contribution is -0.120. The Morgan fingerprint density at radius 3 is 2.72 bits per heavy atom. The van der Waals surface area contributed by atoms with Crippen molar-refractivity contribution in [3.63, 3.8) is 0 Å². The average molecular weight is 271 g/mol. The first-order valence-electron chi connectivity index (χ1n) is 5.76. The average Bonchev–Trinajstić information content (AvgIpc) is 2.28. The molecule has 0 saturated heterocycles. The Balaban J connectivity index is 2.47. The summed E-state index contributed by atoms with van der Waals surface area (Å²) in [5.41, 5.74) is 0.878. The maximum Gasteiger partial charge on any atom is 0.224 e. The number of carbonyl (C=O) groups is 1. The Hall–Kier alpha value is -1.26. The lowest BCUT2D eigenvalue weighted by Crippen LogP contribution is -2.32. The van der Waals surface area contributed by atoms with Gasteiger partial charge >= 0.3 is 0 Å². The molecule has 0 atom stereocenters. The predicted molar refractivity (Wildman–Crippen MR) is 73.3 cm³/mol. The fourth-order valence-corrected chi connectivity index (χ4v) is 1.77. The number of hydrogen-bond donors (Lipinski definition) is 1. The van der Waals surface area contributed by atoms with Crippen LogP contribution in [-0.4, -0.2) is 45.1 Å². The number of benzene rings is 1. The molecule has 0 saturated carbocycles. The zero-order valence-corrected chi connectivity index (χ0v) is 11.8. The summed E-state index contributed by atoms with van der Waals surface area (Å²) in [5, 5.41) is 3.38. The summed E-state index contributed by atoms with van der Waals surface area (Å²) in [7, 11) is 5.50. The molecule has 0 aliphatic heterocycles. The molecule has 5 heteroatoms. The number of likely N-dealkylation sites (N-methyl/N-ethyl adjacent to an activating group) is 1. The summed E-state index contributed by atoms with van der Waals surface area (Å²) in [5.74, 6) is 0.617. The first-order chi connectivity index (χ1) is 8.52. The van der Waals surface area contributed by atoms with Crippen molar-refractivity contribution in [1.82, 2.24) is 10.2 Å². The molecule has 1 aromatic carbocycles. The fraction of sp³-hybridized carbons (Fsp3) is 0.462. The van der Waals surface area contributed by atoms with Crippen molar-refractivity contribution in [2.45, 2.75) is 6.42 Å². The molecule has 0 radical (unpaired) electrons. The first-order valence-corrected chi connectivity index (χ1v) is 6.14. The van der Waals surface area contributed by atoms with Crippen LogP contribution in [0.1, 0.15) is 5.56 Å². The second-order valence-electron chi connectivity index (χ2n) is 4.30. The van der Waals surface area contributed by atoms with Crippen LogP contribution in [0, 0.1) is 0 Å². The van der Waals surface area contributed by atoms with Crippen molar-refractivity contribution < 1.29 is 9.53 Å². The smallest absolute Gasteiger partial charge is 0.224 e. The lowest BCUT2D eigenvalue weighted by atomic mass is 10.1. The van der Waals surface area contributed by atoms with Crippen LogP contribution in [0.4, 0.5) is 0 Å². The Bertz CT molecular complexity index is 408. The van der Waals surface area contributed by atoms with Gasteiger partial charge in [0.1, 0.15) is 5.75 Å². The number of carbonyl (C=O) groups excluding carboxylic acids is 1. The van der Waals surface area contributed by atoms with Gasteiger partial charge in [-0.05, 0) is 31.8 Å². The van der Waals surface area contributed by atoms with Gasteiger partial charge in [-0.15, -0.1) is 0 Å². The van der Waals surface area contributed by atoms with Crippen LogP contribution in [0.3, 0.4) is 0 Å². The van der Waals surface area contributed by atoms with E-state index in [1.54, 1.807) is 19.2 Å². The van der Waals surface area contributed by atoms with Crippen molar-refractivity contribution >= 4 is 17.5 Å². The number of methoxy groups -OCH3 is 1. The van der Waals surface area contributed by atoms with E-state index in [0.717, 1.165) is 12.1 Å². The van der Waals surface area contributed by atoms with Crippen molar-refractivity contribution in [2.75, 3.05) is 34.3 Å². The lowest BCUT2D eigenvalue weighted by Gasteiger charge is -2.10. The molecule has 1 aromatic rings. The maximum absolute atomic E-state index is 11.7. The van der Waals surface area contributed by atoms with Gasteiger partial charge in [0.25, 0.3) is 0 Å². The molecular weight excluding hydrogens is 252 g/mol. The SMILES string of the molecule is COc1ccc(CC(=O)NCCN(C)C)cc1Cl. The molecule has 0 unspecified atom stereocenters. The largest absolute Gasteiger partial charge is 0.495 e. The molecule has 1 rings (SSSR count). The molecule has 1 amide bonds. The normalized spacial score (nSPS) is 10.5. The zero-order chi connectivity index (χ0) is 13.5. The van der Waals surface area contributed by atoms with Gasteiger partial charge in [0.15, 0.2) is 0 Å². The summed E-state index contributed by atoms with van der Waals surface area (Å²) >= 11 is 6.00. The van der Waals surface area contributed by atoms with Crippen molar-refractivity contribution in [3.8, 4) is 5.75 Å². The molecule has 0 heterocycles. The molecule has 0 aliphatic carbocycles. The molecule has 100 valence electrons. The third kappa shape index (κ3) is 4.94. The summed E-state index contributed by atoms with van der Waals surface area (Å²) < 4.78 is 5.06. The Kier molecular flexibility index (Phi) is 5.95. The third-order valence-electron chi connectivity index (χ3n) is 2.46. The van der Waals surface area contributed by atoms with Crippen LogP contribution >= 0.6 is 11.6 Å². The Morgan fingerprint density at radius 1 is 1.44 bits per heavy atom. The molecule has 4 nitrogen and oxygen atoms in total. The Morgan fingerprint density at radius 2 is 2.17 bits per heavy atom. The zero-order valence-electron chi connectivity index (χ0n) is 11.0. The van der Waals surface area contributed by atoms with E-state index in [-0.39, 0.29) is 5.91 Å². The monoisotopic (exact) mass is 270 g/mol. The van der Waals surface area contributed by atoms with Gasteiger partial charge in [0.2, 0.25) is 5.91 Å². The summed E-state index contributed by atoms with van der Waals surface area (Å²) in [6, 6.07) is 5.37. The molecule has 0 spiro atoms. The molecule has 0 fully saturated rings. The minimum Gasteiger partial charge on any atom is -0.495 e. The Labute approximate surface area is 113 Å². The van der Waals surface area contributed by atoms with Gasteiger partial charge in [-0.3, -0.25) is 4.79 Å². The first kappa shape index (κ1) is 14.8. The second kappa shape index (κ2) is 7.24. The van der Waals surface area contributed by atoms with Crippen LogP contribution in [-0.2, 0) is 11.2 Å². The van der Waals surface area contributed by atoms with Gasteiger partial charge in [0.05, 0.1) is 18.6 Å². The summed E-state index contributed by atoms with van der Waals surface area (Å²) in [6.07, 6.45) is 0.330. The highest BCUT2D eigenvalue weighted by Crippen LogP contribution is 2.24. The standard InChI is InChI=1S/C13H19ClN2O2/c1-16(2)7-6-15-13(17)9-10-4-5-12(18-3)11(14)8-10/h4-5,8H,6-7,9H2,1-3H3,(H,15,17). The maximum atomic E-state index is 11.7. The number of halogens is 1. The molecule has 0 aromatic heterocycles. The highest BCUT2D eigenvalue weighted by Gasteiger charge is 2.06. The van der Waals surface area contributed by atoms with Crippen LogP contribution in [0.25, 0.3) is 0 Å². The van der Waals surface area contributed by atoms with Gasteiger partial charge in [-0.1, -0.05) is 17.7 Å². The molecule has 18 heavy (non-hydrogen) atoms. The summed E-state index contributed by atoms with van der Waals surface area (Å²) in [6.45, 7) is 1.48. The predicted octanol–water partition coefficient (Wildman–Crippen LogP) is 1.57. The van der Waals surface area contributed by atoms with Gasteiger partial charge < -0.3 is 15.0 Å². The third-order valence-corrected chi connectivity index (χ3v) is 2.76. The minimum atomic E-state index is -0.00177. The minimum absolute atomic E-state index is 0.00177. The van der Waals surface area contributed by atoms with E-state index in [0.29, 0.717) is 23.7 Å². The van der Waals surface area contributed by atoms with Crippen LogP contribution in [0.5, 0.6) is 5.75 Å². The number of amides is 1. The summed E-state index contributed by atoms with van der Waals surface area (Å²) in [4.78, 5) is 13.7. The number of ether oxygens (including phenoxy) is 1. The van der Waals surface area contributed by atoms with Crippen LogP contribution < -0.4 is 10.1 Å². The van der Waals surface area contributed by atoms with E-state index >= 15 is 0 Å². The van der Waals surface area contributed by atoms with Crippen molar-refractivity contribution in [3.05, 3.63) is 28.8 Å². The van der Waals surface area contributed by atoms with Crippen molar-refractivity contribution in [2.24, 2.45) is 0 Å². The molecule has 0 aliphatic rings. The number of hydrogen-bond acceptors (Lipinski definition) is 3. The van der Waals surface area contributed by atoms with E-state index in [1.807, 2.05) is 25.1 Å². The molecule has 1 N–H and O–H groups in total. The second-order valence-corrected chi connectivity index (χ2v) is 4.71. The molecular formula is C13H19ClN2O2. The number of nitrogens with one attached hydrogen (secondary N) is 1. The quantitative estimate of drug-likeness (QED) is 0.853. The van der Waals surface area contributed by atoms with E-state index in [2.05, 4.69) is 5.32 Å². The number of rotatable bonds is 6. The highest BCUT2D eigenvalue weighted by atomic mass is 35.5. The van der Waals surface area contributed by atoms with Gasteiger partial charge in [-0.2, -0.15) is 0 Å².